The number of amides is 1. The van der Waals surface area contributed by atoms with Gasteiger partial charge < -0.3 is 10.2 Å². The van der Waals surface area contributed by atoms with Gasteiger partial charge in [-0.05, 0) is 19.8 Å². The molecule has 1 saturated carbocycles. The molecular formula is C8H14N2O. The topological polar surface area (TPSA) is 32.3 Å². The van der Waals surface area contributed by atoms with Crippen molar-refractivity contribution in [1.82, 2.24) is 10.2 Å². The molecule has 1 atom stereocenters. The van der Waals surface area contributed by atoms with E-state index in [1.54, 1.807) is 0 Å². The van der Waals surface area contributed by atoms with E-state index in [1.807, 2.05) is 11.8 Å². The molecule has 1 aliphatic carbocycles. The number of carbonyl (C=O) groups excluding carboxylic acids is 1. The Bertz CT molecular complexity index is 177. The third-order valence-electron chi connectivity index (χ3n) is 2.44. The molecule has 3 nitrogen and oxygen atoms in total. The Hall–Kier alpha value is -0.570. The Morgan fingerprint density at radius 1 is 1.55 bits per heavy atom. The molecule has 1 saturated heterocycles. The normalized spacial score (nSPS) is 32.6. The SMILES string of the molecule is C[C@H]1NCCN(C2CC2)C1=O. The quantitative estimate of drug-likeness (QED) is 0.575. The number of nitrogens with zero attached hydrogens (tertiary/aromatic N) is 1. The summed E-state index contributed by atoms with van der Waals surface area (Å²) in [4.78, 5) is 13.5. The molecule has 0 aromatic carbocycles. The average molecular weight is 154 g/mol. The fraction of sp³-hybridized carbons (Fsp3) is 0.875. The number of carbonyl (C=O) groups is 1. The lowest BCUT2D eigenvalue weighted by atomic mass is 10.2. The molecule has 11 heavy (non-hydrogen) atoms. The molecule has 2 rings (SSSR count). The van der Waals surface area contributed by atoms with Crippen LogP contribution in [0.25, 0.3) is 0 Å². The third-order valence-corrected chi connectivity index (χ3v) is 2.44. The summed E-state index contributed by atoms with van der Waals surface area (Å²) in [6.45, 7) is 3.81. The van der Waals surface area contributed by atoms with Crippen LogP contribution in [-0.2, 0) is 4.79 Å². The first-order valence-electron chi connectivity index (χ1n) is 4.33. The van der Waals surface area contributed by atoms with E-state index in [9.17, 15) is 4.79 Å². The van der Waals surface area contributed by atoms with Gasteiger partial charge in [0.25, 0.3) is 0 Å². The summed E-state index contributed by atoms with van der Waals surface area (Å²) < 4.78 is 0. The molecule has 0 bridgehead atoms. The molecular weight excluding hydrogens is 140 g/mol. The van der Waals surface area contributed by atoms with Crippen LogP contribution in [0.3, 0.4) is 0 Å². The maximum Gasteiger partial charge on any atom is 0.239 e. The van der Waals surface area contributed by atoms with Crippen molar-refractivity contribution in [2.45, 2.75) is 31.8 Å². The first kappa shape index (κ1) is 7.10. The van der Waals surface area contributed by atoms with Gasteiger partial charge in [-0.2, -0.15) is 0 Å². The van der Waals surface area contributed by atoms with E-state index >= 15 is 0 Å². The van der Waals surface area contributed by atoms with Crippen LogP contribution in [0.4, 0.5) is 0 Å². The van der Waals surface area contributed by atoms with E-state index in [0.29, 0.717) is 11.9 Å². The average Bonchev–Trinajstić information content (AvgIpc) is 2.77. The molecule has 0 radical (unpaired) electrons. The highest BCUT2D eigenvalue weighted by Gasteiger charge is 2.36. The predicted molar refractivity (Wildman–Crippen MR) is 42.2 cm³/mol. The molecule has 0 aromatic heterocycles. The van der Waals surface area contributed by atoms with E-state index in [1.165, 1.54) is 12.8 Å². The Kier molecular flexibility index (Phi) is 1.60. The molecule has 3 heteroatoms. The monoisotopic (exact) mass is 154 g/mol. The van der Waals surface area contributed by atoms with Gasteiger partial charge in [0.1, 0.15) is 0 Å². The van der Waals surface area contributed by atoms with Crippen LogP contribution < -0.4 is 5.32 Å². The molecule has 1 aliphatic heterocycles. The van der Waals surface area contributed by atoms with E-state index in [4.69, 9.17) is 0 Å². The predicted octanol–water partition coefficient (Wildman–Crippen LogP) is -0.0309. The highest BCUT2D eigenvalue weighted by atomic mass is 16.2. The van der Waals surface area contributed by atoms with E-state index in [0.717, 1.165) is 13.1 Å². The minimum absolute atomic E-state index is 0.0457. The number of piperazine rings is 1. The molecule has 0 aromatic rings. The van der Waals surface area contributed by atoms with Crippen molar-refractivity contribution in [2.24, 2.45) is 0 Å². The Morgan fingerprint density at radius 3 is 2.91 bits per heavy atom. The van der Waals surface area contributed by atoms with Crippen molar-refractivity contribution in [3.8, 4) is 0 Å². The summed E-state index contributed by atoms with van der Waals surface area (Å²) in [7, 11) is 0. The van der Waals surface area contributed by atoms with E-state index < -0.39 is 0 Å². The first-order chi connectivity index (χ1) is 5.29. The van der Waals surface area contributed by atoms with Crippen LogP contribution in [0.5, 0.6) is 0 Å². The largest absolute Gasteiger partial charge is 0.337 e. The summed E-state index contributed by atoms with van der Waals surface area (Å²) in [5, 5.41) is 3.15. The van der Waals surface area contributed by atoms with Crippen molar-refractivity contribution in [2.75, 3.05) is 13.1 Å². The van der Waals surface area contributed by atoms with Gasteiger partial charge >= 0.3 is 0 Å². The lowest BCUT2D eigenvalue weighted by Crippen LogP contribution is -2.54. The third kappa shape index (κ3) is 1.25. The number of hydrogen-bond donors (Lipinski definition) is 1. The molecule has 1 N–H and O–H groups in total. The van der Waals surface area contributed by atoms with Crippen molar-refractivity contribution in [3.05, 3.63) is 0 Å². The van der Waals surface area contributed by atoms with Gasteiger partial charge in [0.2, 0.25) is 5.91 Å². The van der Waals surface area contributed by atoms with E-state index in [2.05, 4.69) is 5.32 Å². The zero-order valence-corrected chi connectivity index (χ0v) is 6.84. The molecule has 0 spiro atoms. The van der Waals surface area contributed by atoms with E-state index in [-0.39, 0.29) is 6.04 Å². The fourth-order valence-corrected chi connectivity index (χ4v) is 1.60. The molecule has 2 fully saturated rings. The Balaban J connectivity index is 2.01. The number of nitrogens with one attached hydrogen (secondary N) is 1. The van der Waals surface area contributed by atoms with Crippen molar-refractivity contribution in [1.29, 1.82) is 0 Å². The second kappa shape index (κ2) is 2.48. The van der Waals surface area contributed by atoms with Crippen LogP contribution in [0.1, 0.15) is 19.8 Å². The van der Waals surface area contributed by atoms with Gasteiger partial charge in [-0.3, -0.25) is 4.79 Å². The van der Waals surface area contributed by atoms with Gasteiger partial charge in [-0.1, -0.05) is 0 Å². The first-order valence-corrected chi connectivity index (χ1v) is 4.33. The standard InChI is InChI=1S/C8H14N2O/c1-6-8(11)10(5-4-9-6)7-2-3-7/h6-7,9H,2-5H2,1H3/t6-/m1/s1. The van der Waals surface area contributed by atoms with Crippen LogP contribution in [0.15, 0.2) is 0 Å². The van der Waals surface area contributed by atoms with Crippen LogP contribution in [-0.4, -0.2) is 36.0 Å². The van der Waals surface area contributed by atoms with Gasteiger partial charge in [0, 0.05) is 19.1 Å². The van der Waals surface area contributed by atoms with Gasteiger partial charge in [0.05, 0.1) is 6.04 Å². The zero-order valence-electron chi connectivity index (χ0n) is 6.84. The molecule has 62 valence electrons. The number of hydrogen-bond acceptors (Lipinski definition) is 2. The summed E-state index contributed by atoms with van der Waals surface area (Å²) in [6.07, 6.45) is 2.44. The molecule has 1 heterocycles. The molecule has 0 unspecified atom stereocenters. The maximum atomic E-state index is 11.5. The minimum Gasteiger partial charge on any atom is -0.337 e. The minimum atomic E-state index is 0.0457. The Labute approximate surface area is 66.8 Å². The summed E-state index contributed by atoms with van der Waals surface area (Å²) in [5.41, 5.74) is 0. The van der Waals surface area contributed by atoms with Crippen LogP contribution in [0.2, 0.25) is 0 Å². The van der Waals surface area contributed by atoms with Gasteiger partial charge in [0.15, 0.2) is 0 Å². The fourth-order valence-electron chi connectivity index (χ4n) is 1.60. The number of rotatable bonds is 1. The van der Waals surface area contributed by atoms with Crippen LogP contribution >= 0.6 is 0 Å². The van der Waals surface area contributed by atoms with Crippen LogP contribution in [0, 0.1) is 0 Å². The summed E-state index contributed by atoms with van der Waals surface area (Å²) >= 11 is 0. The zero-order chi connectivity index (χ0) is 7.84. The summed E-state index contributed by atoms with van der Waals surface area (Å²) in [5.74, 6) is 0.291. The lowest BCUT2D eigenvalue weighted by Gasteiger charge is -2.31. The molecule has 2 aliphatic rings. The lowest BCUT2D eigenvalue weighted by molar-refractivity contribution is -0.135. The van der Waals surface area contributed by atoms with Crippen molar-refractivity contribution >= 4 is 5.91 Å². The Morgan fingerprint density at radius 2 is 2.27 bits per heavy atom. The van der Waals surface area contributed by atoms with Crippen molar-refractivity contribution in [3.63, 3.8) is 0 Å². The van der Waals surface area contributed by atoms with Crippen molar-refractivity contribution < 1.29 is 4.79 Å². The smallest absolute Gasteiger partial charge is 0.239 e. The molecule has 1 amide bonds. The second-order valence-corrected chi connectivity index (χ2v) is 3.44. The van der Waals surface area contributed by atoms with Gasteiger partial charge in [-0.15, -0.1) is 0 Å². The highest BCUT2D eigenvalue weighted by Crippen LogP contribution is 2.27. The van der Waals surface area contributed by atoms with Gasteiger partial charge in [-0.25, -0.2) is 0 Å². The summed E-state index contributed by atoms with van der Waals surface area (Å²) in [6, 6.07) is 0.636. The second-order valence-electron chi connectivity index (χ2n) is 3.44. The highest BCUT2D eigenvalue weighted by molar-refractivity contribution is 5.82. The maximum absolute atomic E-state index is 11.5.